The van der Waals surface area contributed by atoms with Crippen LogP contribution in [0.25, 0.3) is 0 Å². The lowest BCUT2D eigenvalue weighted by molar-refractivity contribution is -0.158. The largest absolute Gasteiger partial charge is 0.459 e. The highest BCUT2D eigenvalue weighted by atomic mass is 16.6. The van der Waals surface area contributed by atoms with Crippen molar-refractivity contribution in [2.75, 3.05) is 0 Å². The summed E-state index contributed by atoms with van der Waals surface area (Å²) in [7, 11) is 0. The number of hydrogen-bond acceptors (Lipinski definition) is 9. The molecule has 0 saturated heterocycles. The number of allylic oxidation sites excluding steroid dienone is 8. The Balaban J connectivity index is 3.00. The quantitative estimate of drug-likeness (QED) is 0.177. The molecule has 252 valence electrons. The molecule has 0 saturated carbocycles. The van der Waals surface area contributed by atoms with Crippen LogP contribution in [0.5, 0.6) is 0 Å². The number of carbonyl (C=O) groups is 1. The van der Waals surface area contributed by atoms with Gasteiger partial charge in [0.05, 0.1) is 42.5 Å². The van der Waals surface area contributed by atoms with Crippen molar-refractivity contribution in [1.29, 1.82) is 0 Å². The van der Waals surface area contributed by atoms with Gasteiger partial charge in [0, 0.05) is 6.42 Å². The molecule has 1 rings (SSSR count). The number of rotatable bonds is 5. The molecule has 7 N–H and O–H groups in total. The van der Waals surface area contributed by atoms with E-state index in [-0.39, 0.29) is 38.5 Å². The summed E-state index contributed by atoms with van der Waals surface area (Å²) in [4.78, 5) is 13.0. The fraction of sp³-hybridized carbons (Fsp3) is 0.686. The molecule has 1 aliphatic rings. The first-order valence-electron chi connectivity index (χ1n) is 16.2. The van der Waals surface area contributed by atoms with Crippen molar-refractivity contribution < 1.29 is 45.3 Å². The summed E-state index contributed by atoms with van der Waals surface area (Å²) in [5, 5.41) is 73.0. The van der Waals surface area contributed by atoms with Gasteiger partial charge in [0.1, 0.15) is 12.2 Å². The molecule has 7 unspecified atom stereocenters. The van der Waals surface area contributed by atoms with Gasteiger partial charge >= 0.3 is 5.97 Å². The Morgan fingerprint density at radius 3 is 1.80 bits per heavy atom. The predicted molar refractivity (Wildman–Crippen MR) is 172 cm³/mol. The third kappa shape index (κ3) is 18.6. The molecule has 1 aliphatic heterocycles. The maximum absolute atomic E-state index is 13.0. The average Bonchev–Trinajstić information content (AvgIpc) is 2.94. The van der Waals surface area contributed by atoms with Crippen molar-refractivity contribution >= 4 is 5.97 Å². The van der Waals surface area contributed by atoms with Gasteiger partial charge in [-0.3, -0.25) is 4.79 Å². The molecule has 0 aromatic heterocycles. The van der Waals surface area contributed by atoms with Crippen molar-refractivity contribution in [1.82, 2.24) is 0 Å². The summed E-state index contributed by atoms with van der Waals surface area (Å²) in [5.74, 6) is -0.873. The summed E-state index contributed by atoms with van der Waals surface area (Å²) in [6, 6.07) is 0. The maximum atomic E-state index is 13.0. The zero-order valence-corrected chi connectivity index (χ0v) is 26.8. The van der Waals surface area contributed by atoms with E-state index in [1.807, 2.05) is 0 Å². The lowest BCUT2D eigenvalue weighted by Crippen LogP contribution is -2.31. The minimum absolute atomic E-state index is 0.00223. The van der Waals surface area contributed by atoms with E-state index in [1.54, 1.807) is 68.5 Å². The number of esters is 1. The van der Waals surface area contributed by atoms with Crippen LogP contribution in [0.4, 0.5) is 0 Å². The van der Waals surface area contributed by atoms with Gasteiger partial charge in [-0.25, -0.2) is 0 Å². The Kier molecular flexibility index (Phi) is 21.1. The molecule has 0 aromatic carbocycles. The lowest BCUT2D eigenvalue weighted by Gasteiger charge is -2.24. The summed E-state index contributed by atoms with van der Waals surface area (Å²) >= 11 is 0. The minimum Gasteiger partial charge on any atom is -0.459 e. The van der Waals surface area contributed by atoms with Crippen LogP contribution in [-0.2, 0) is 9.53 Å². The van der Waals surface area contributed by atoms with Gasteiger partial charge < -0.3 is 40.5 Å². The normalized spacial score (nSPS) is 37.4. The van der Waals surface area contributed by atoms with Gasteiger partial charge in [-0.15, -0.1) is 0 Å². The fourth-order valence-electron chi connectivity index (χ4n) is 5.12. The van der Waals surface area contributed by atoms with E-state index in [0.29, 0.717) is 18.4 Å². The van der Waals surface area contributed by atoms with Gasteiger partial charge in [-0.2, -0.15) is 0 Å². The van der Waals surface area contributed by atoms with Crippen molar-refractivity contribution in [3.63, 3.8) is 0 Å². The van der Waals surface area contributed by atoms with Gasteiger partial charge in [0.2, 0.25) is 0 Å². The van der Waals surface area contributed by atoms with E-state index < -0.39 is 60.7 Å². The second-order valence-corrected chi connectivity index (χ2v) is 12.2. The zero-order valence-electron chi connectivity index (χ0n) is 26.8. The average molecular weight is 623 g/mol. The summed E-state index contributed by atoms with van der Waals surface area (Å²) in [5.41, 5.74) is 0.642. The van der Waals surface area contributed by atoms with E-state index in [0.717, 1.165) is 25.7 Å². The molecule has 0 amide bonds. The molecule has 9 heteroatoms. The highest BCUT2D eigenvalue weighted by molar-refractivity contribution is 5.72. The molecule has 1 heterocycles. The van der Waals surface area contributed by atoms with Crippen LogP contribution in [0.2, 0.25) is 0 Å². The first-order chi connectivity index (χ1) is 20.9. The second-order valence-electron chi connectivity index (χ2n) is 12.2. The summed E-state index contributed by atoms with van der Waals surface area (Å²) in [6.45, 7) is 5.48. The number of aliphatic hydroxyl groups is 7. The van der Waals surface area contributed by atoms with Crippen LogP contribution < -0.4 is 0 Å². The van der Waals surface area contributed by atoms with Crippen molar-refractivity contribution in [3.05, 3.63) is 60.3 Å². The summed E-state index contributed by atoms with van der Waals surface area (Å²) in [6.07, 6.45) is 13.0. The minimum atomic E-state index is -1.05. The highest BCUT2D eigenvalue weighted by Gasteiger charge is 2.26. The van der Waals surface area contributed by atoms with Crippen molar-refractivity contribution in [3.8, 4) is 0 Å². The predicted octanol–water partition coefficient (Wildman–Crippen LogP) is 3.95. The molecule has 44 heavy (non-hydrogen) atoms. The maximum Gasteiger partial charge on any atom is 0.309 e. The second kappa shape index (κ2) is 23.3. The number of ether oxygens (including phenoxy) is 1. The van der Waals surface area contributed by atoms with Crippen LogP contribution in [0, 0.1) is 5.92 Å². The molecule has 9 atom stereocenters. The number of unbranched alkanes of at least 4 members (excludes halogenated alkanes) is 3. The SMILES string of the molecule is CCCCCCC1CCC(O)CC(O)CC(O)CC(O)CC(O)CC(O)/C(C)=C/C=C\C=C/C=C/C=C/[C@H](O)[C@@H](C)OC1=O. The lowest BCUT2D eigenvalue weighted by atomic mass is 9.92. The fourth-order valence-corrected chi connectivity index (χ4v) is 5.12. The Morgan fingerprint density at radius 2 is 1.20 bits per heavy atom. The Morgan fingerprint density at radius 1 is 0.682 bits per heavy atom. The third-order valence-corrected chi connectivity index (χ3v) is 7.90. The molecule has 0 bridgehead atoms. The zero-order chi connectivity index (χ0) is 32.9. The molecule has 0 radical (unpaired) electrons. The molecule has 0 aliphatic carbocycles. The Bertz CT molecular complexity index is 925. The third-order valence-electron chi connectivity index (χ3n) is 7.90. The number of hydrogen-bond donors (Lipinski definition) is 7. The van der Waals surface area contributed by atoms with E-state index in [4.69, 9.17) is 4.74 Å². The number of aliphatic hydroxyl groups excluding tert-OH is 7. The number of cyclic esters (lactones) is 1. The van der Waals surface area contributed by atoms with Crippen molar-refractivity contribution in [2.45, 2.75) is 147 Å². The van der Waals surface area contributed by atoms with E-state index >= 15 is 0 Å². The molecular weight excluding hydrogens is 564 g/mol. The summed E-state index contributed by atoms with van der Waals surface area (Å²) < 4.78 is 5.60. The standard InChI is InChI=1S/C35H58O9/c1-4-5-6-13-16-27-18-19-28(36)20-29(37)21-30(38)22-31(39)23-32(40)24-34(42)25(2)15-12-10-8-7-9-11-14-17-33(41)26(3)44-35(27)43/h7-12,14-15,17,26-34,36-42H,4-6,13,16,18-24H2,1-3H3/b8-7-,11-9+,12-10-,17-14+,25-15+/t26-,27?,28?,29?,30?,31?,32?,33+,34?/m1/s1. The van der Waals surface area contributed by atoms with Crippen molar-refractivity contribution in [2.24, 2.45) is 5.92 Å². The van der Waals surface area contributed by atoms with Gasteiger partial charge in [-0.1, -0.05) is 87.3 Å². The Labute approximate surface area is 264 Å². The van der Waals surface area contributed by atoms with Crippen LogP contribution >= 0.6 is 0 Å². The first kappa shape index (κ1) is 39.9. The molecular formula is C35H58O9. The first-order valence-corrected chi connectivity index (χ1v) is 16.2. The number of carbonyl (C=O) groups excluding carboxylic acids is 1. The van der Waals surface area contributed by atoms with Gasteiger partial charge in [0.15, 0.2) is 0 Å². The van der Waals surface area contributed by atoms with E-state index in [1.165, 1.54) is 0 Å². The molecule has 9 nitrogen and oxygen atoms in total. The highest BCUT2D eigenvalue weighted by Crippen LogP contribution is 2.23. The smallest absolute Gasteiger partial charge is 0.309 e. The Hall–Kier alpha value is -2.11. The molecule has 0 fully saturated rings. The van der Waals surface area contributed by atoms with Crippen LogP contribution in [0.3, 0.4) is 0 Å². The van der Waals surface area contributed by atoms with Crippen LogP contribution in [0.1, 0.15) is 97.8 Å². The van der Waals surface area contributed by atoms with Gasteiger partial charge in [0.25, 0.3) is 0 Å². The van der Waals surface area contributed by atoms with E-state index in [9.17, 15) is 40.5 Å². The van der Waals surface area contributed by atoms with E-state index in [2.05, 4.69) is 6.92 Å². The van der Waals surface area contributed by atoms with Crippen LogP contribution in [-0.4, -0.2) is 90.5 Å². The topological polar surface area (TPSA) is 168 Å². The van der Waals surface area contributed by atoms with Gasteiger partial charge in [-0.05, 0) is 64.4 Å². The molecule has 0 spiro atoms. The monoisotopic (exact) mass is 622 g/mol. The molecule has 0 aromatic rings. The van der Waals surface area contributed by atoms with Crippen LogP contribution in [0.15, 0.2) is 60.3 Å².